The van der Waals surface area contributed by atoms with Gasteiger partial charge in [0.2, 0.25) is 0 Å². The fourth-order valence-electron chi connectivity index (χ4n) is 4.35. The van der Waals surface area contributed by atoms with Crippen LogP contribution in [0.3, 0.4) is 0 Å². The first-order valence-electron chi connectivity index (χ1n) is 10.1. The van der Waals surface area contributed by atoms with Crippen LogP contribution in [0.1, 0.15) is 17.2 Å². The van der Waals surface area contributed by atoms with E-state index in [1.165, 1.54) is 22.2 Å². The Balaban J connectivity index is 1.40. The highest BCUT2D eigenvalue weighted by atomic mass is 79.9. The number of rotatable bonds is 4. The molecule has 0 amide bonds. The highest BCUT2D eigenvalue weighted by Crippen LogP contribution is 2.33. The first kappa shape index (κ1) is 18.5. The highest BCUT2D eigenvalue weighted by molar-refractivity contribution is 9.10. The van der Waals surface area contributed by atoms with E-state index in [-0.39, 0.29) is 0 Å². The third kappa shape index (κ3) is 3.70. The first-order chi connectivity index (χ1) is 14.3. The summed E-state index contributed by atoms with van der Waals surface area (Å²) < 4.78 is 1.10. The molecule has 0 spiro atoms. The second-order valence-electron chi connectivity index (χ2n) is 7.54. The minimum absolute atomic E-state index is 0.292. The molecule has 2 heterocycles. The van der Waals surface area contributed by atoms with E-state index < -0.39 is 0 Å². The van der Waals surface area contributed by atoms with Gasteiger partial charge in [-0.1, -0.05) is 76.6 Å². The lowest BCUT2D eigenvalue weighted by Crippen LogP contribution is -2.48. The quantitative estimate of drug-likeness (QED) is 0.439. The summed E-state index contributed by atoms with van der Waals surface area (Å²) in [5.41, 5.74) is 5.03. The predicted octanol–water partition coefficient (Wildman–Crippen LogP) is 5.64. The van der Waals surface area contributed by atoms with Crippen LogP contribution in [0, 0.1) is 6.20 Å². The van der Waals surface area contributed by atoms with Crippen LogP contribution < -0.4 is 4.90 Å². The van der Waals surface area contributed by atoms with Crippen LogP contribution in [0.15, 0.2) is 83.3 Å². The number of piperazine rings is 1. The number of aromatic amines is 1. The Hall–Kier alpha value is -2.56. The molecule has 0 bridgehead atoms. The van der Waals surface area contributed by atoms with Crippen molar-refractivity contribution in [2.24, 2.45) is 0 Å². The number of fused-ring (bicyclic) bond motifs is 1. The van der Waals surface area contributed by atoms with Gasteiger partial charge in [-0.25, -0.2) is 0 Å². The fourth-order valence-corrected chi connectivity index (χ4v) is 4.71. The average Bonchev–Trinajstić information content (AvgIpc) is 3.19. The molecule has 145 valence electrons. The number of hydrogen-bond donors (Lipinski definition) is 1. The van der Waals surface area contributed by atoms with Crippen LogP contribution in [0.4, 0.5) is 5.69 Å². The van der Waals surface area contributed by atoms with E-state index in [4.69, 9.17) is 0 Å². The van der Waals surface area contributed by atoms with Crippen molar-refractivity contribution in [2.45, 2.75) is 6.04 Å². The monoisotopic (exact) mass is 444 g/mol. The Morgan fingerprint density at radius 3 is 2.03 bits per heavy atom. The number of H-pyrrole nitrogens is 1. The van der Waals surface area contributed by atoms with Crippen molar-refractivity contribution in [2.75, 3.05) is 31.1 Å². The lowest BCUT2D eigenvalue weighted by Gasteiger charge is -2.40. The zero-order valence-corrected chi connectivity index (χ0v) is 17.8. The highest BCUT2D eigenvalue weighted by Gasteiger charge is 2.27. The lowest BCUT2D eigenvalue weighted by atomic mass is 9.96. The number of benzene rings is 3. The van der Waals surface area contributed by atoms with Crippen molar-refractivity contribution in [1.82, 2.24) is 9.88 Å². The molecule has 1 aromatic heterocycles. The molecule has 5 rings (SSSR count). The number of nitrogens with one attached hydrogen (secondary N) is 1. The number of aromatic nitrogens is 1. The Labute approximate surface area is 180 Å². The largest absolute Gasteiger partial charge is 0.367 e. The van der Waals surface area contributed by atoms with E-state index in [1.54, 1.807) is 0 Å². The van der Waals surface area contributed by atoms with Crippen LogP contribution in [-0.2, 0) is 0 Å². The summed E-state index contributed by atoms with van der Waals surface area (Å²) >= 11 is 3.60. The summed E-state index contributed by atoms with van der Waals surface area (Å²) in [7, 11) is 0. The maximum atomic E-state index is 3.60. The van der Waals surface area contributed by atoms with Gasteiger partial charge in [-0.3, -0.25) is 4.90 Å². The van der Waals surface area contributed by atoms with E-state index in [1.807, 2.05) is 0 Å². The standard InChI is InChI=1S/C25H23BrN3/c26-21-11-12-23-22(17-21)24(18-27-23)28-13-15-29(16-14-28)25(19-7-3-1-4-8-19)20-9-5-2-6-10-20/h1-12,17,25,27H,13-16H2. The molecule has 4 heteroatoms. The number of anilines is 1. The summed E-state index contributed by atoms with van der Waals surface area (Å²) in [5.74, 6) is 0. The van der Waals surface area contributed by atoms with Gasteiger partial charge >= 0.3 is 0 Å². The van der Waals surface area contributed by atoms with Gasteiger partial charge in [0.25, 0.3) is 0 Å². The van der Waals surface area contributed by atoms with E-state index in [2.05, 4.69) is 116 Å². The molecule has 1 aliphatic heterocycles. The molecule has 0 saturated carbocycles. The third-order valence-electron chi connectivity index (χ3n) is 5.78. The number of nitrogens with zero attached hydrogens (tertiary/aromatic N) is 2. The Morgan fingerprint density at radius 2 is 1.41 bits per heavy atom. The topological polar surface area (TPSA) is 22.3 Å². The van der Waals surface area contributed by atoms with Gasteiger partial charge < -0.3 is 9.88 Å². The molecule has 0 aliphatic carbocycles. The minimum Gasteiger partial charge on any atom is -0.367 e. The fraction of sp³-hybridized carbons (Fsp3) is 0.200. The summed E-state index contributed by atoms with van der Waals surface area (Å²) in [6, 6.07) is 28.4. The average molecular weight is 445 g/mol. The van der Waals surface area contributed by atoms with Gasteiger partial charge in [-0.15, -0.1) is 0 Å². The van der Waals surface area contributed by atoms with Gasteiger partial charge in [0.1, 0.15) is 0 Å². The van der Waals surface area contributed by atoms with Gasteiger partial charge in [-0.05, 0) is 29.3 Å². The Morgan fingerprint density at radius 1 is 0.793 bits per heavy atom. The van der Waals surface area contributed by atoms with Gasteiger partial charge in [0.15, 0.2) is 0 Å². The van der Waals surface area contributed by atoms with Gasteiger partial charge in [0, 0.05) is 41.6 Å². The maximum Gasteiger partial charge on any atom is 0.0890 e. The molecule has 4 aromatic rings. The van der Waals surface area contributed by atoms with Crippen molar-refractivity contribution in [1.29, 1.82) is 0 Å². The molecular weight excluding hydrogens is 422 g/mol. The Bertz CT molecular complexity index is 1040. The Kier molecular flexibility index (Phi) is 5.13. The van der Waals surface area contributed by atoms with Crippen LogP contribution in [0.25, 0.3) is 10.9 Å². The zero-order chi connectivity index (χ0) is 19.6. The molecule has 3 nitrogen and oxygen atoms in total. The molecule has 3 aromatic carbocycles. The van der Waals surface area contributed by atoms with Crippen molar-refractivity contribution >= 4 is 32.5 Å². The molecular formula is C25H23BrN3. The summed E-state index contributed by atoms with van der Waals surface area (Å²) in [6.07, 6.45) is 3.38. The molecule has 29 heavy (non-hydrogen) atoms. The smallest absolute Gasteiger partial charge is 0.0890 e. The third-order valence-corrected chi connectivity index (χ3v) is 6.27. The van der Waals surface area contributed by atoms with E-state index in [0.29, 0.717) is 6.04 Å². The summed E-state index contributed by atoms with van der Waals surface area (Å²) in [6.45, 7) is 4.02. The first-order valence-corrected chi connectivity index (χ1v) is 10.9. The van der Waals surface area contributed by atoms with Crippen molar-refractivity contribution < 1.29 is 0 Å². The van der Waals surface area contributed by atoms with Crippen LogP contribution in [-0.4, -0.2) is 36.1 Å². The van der Waals surface area contributed by atoms with Crippen molar-refractivity contribution in [3.63, 3.8) is 0 Å². The van der Waals surface area contributed by atoms with Crippen LogP contribution in [0.5, 0.6) is 0 Å². The van der Waals surface area contributed by atoms with E-state index in [0.717, 1.165) is 36.2 Å². The van der Waals surface area contributed by atoms with Crippen molar-refractivity contribution in [3.8, 4) is 0 Å². The molecule has 1 N–H and O–H groups in total. The summed E-state index contributed by atoms with van der Waals surface area (Å²) in [5, 5.41) is 1.23. The zero-order valence-electron chi connectivity index (χ0n) is 16.2. The summed E-state index contributed by atoms with van der Waals surface area (Å²) in [4.78, 5) is 8.35. The molecule has 1 fully saturated rings. The van der Waals surface area contributed by atoms with Crippen LogP contribution >= 0.6 is 15.9 Å². The van der Waals surface area contributed by atoms with E-state index in [9.17, 15) is 0 Å². The molecule has 1 aliphatic rings. The van der Waals surface area contributed by atoms with Crippen LogP contribution in [0.2, 0.25) is 0 Å². The predicted molar refractivity (Wildman–Crippen MR) is 123 cm³/mol. The number of hydrogen-bond acceptors (Lipinski definition) is 2. The van der Waals surface area contributed by atoms with E-state index >= 15 is 0 Å². The molecule has 1 radical (unpaired) electrons. The molecule has 1 saturated heterocycles. The second kappa shape index (κ2) is 8.05. The normalized spacial score (nSPS) is 15.3. The SMILES string of the molecule is Brc1ccc2[nH][c]c(N3CCN(C(c4ccccc4)c4ccccc4)CC3)c2c1. The van der Waals surface area contributed by atoms with Crippen molar-refractivity contribution in [3.05, 3.63) is 101 Å². The van der Waals surface area contributed by atoms with Gasteiger partial charge in [-0.2, -0.15) is 0 Å². The maximum absolute atomic E-state index is 3.60. The number of halogens is 1. The lowest BCUT2D eigenvalue weighted by molar-refractivity contribution is 0.212. The molecule has 0 unspecified atom stereocenters. The second-order valence-corrected chi connectivity index (χ2v) is 8.45. The minimum atomic E-state index is 0.292. The van der Waals surface area contributed by atoms with Gasteiger partial charge in [0.05, 0.1) is 17.9 Å². The molecule has 0 atom stereocenters.